The number of rotatable bonds is 3. The fraction of sp³-hybridized carbons (Fsp3) is 0. The van der Waals surface area contributed by atoms with Crippen molar-refractivity contribution in [2.75, 3.05) is 5.32 Å². The number of benzene rings is 1. The molecule has 0 atom stereocenters. The Kier molecular flexibility index (Phi) is 3.09. The number of pyridine rings is 1. The van der Waals surface area contributed by atoms with E-state index in [9.17, 15) is 4.79 Å². The van der Waals surface area contributed by atoms with Gasteiger partial charge in [0.25, 0.3) is 5.91 Å². The molecule has 4 rings (SSSR count). The summed E-state index contributed by atoms with van der Waals surface area (Å²) in [4.78, 5) is 16.3. The number of nitrogens with zero attached hydrogens (tertiary/aromatic N) is 3. The summed E-state index contributed by atoms with van der Waals surface area (Å²) in [6.45, 7) is 0. The highest BCUT2D eigenvalue weighted by Crippen LogP contribution is 2.19. The summed E-state index contributed by atoms with van der Waals surface area (Å²) in [5.41, 5.74) is 3.54. The van der Waals surface area contributed by atoms with E-state index in [1.165, 1.54) is 0 Å². The second-order valence-electron chi connectivity index (χ2n) is 5.03. The molecule has 3 heterocycles. The Hall–Kier alpha value is -3.48. The SMILES string of the molecule is O=C(Nc1ccc2cn[nH]c2c1)c1cc(-c2ccncc2)n[nH]1. The lowest BCUT2D eigenvalue weighted by Crippen LogP contribution is -2.12. The Morgan fingerprint density at radius 3 is 2.78 bits per heavy atom. The molecular formula is C16H12N6O. The quantitative estimate of drug-likeness (QED) is 0.541. The van der Waals surface area contributed by atoms with Crippen LogP contribution in [0.1, 0.15) is 10.5 Å². The predicted octanol–water partition coefficient (Wildman–Crippen LogP) is 2.60. The zero-order valence-corrected chi connectivity index (χ0v) is 11.9. The Morgan fingerprint density at radius 1 is 1.04 bits per heavy atom. The van der Waals surface area contributed by atoms with Crippen molar-refractivity contribution in [1.82, 2.24) is 25.4 Å². The molecule has 0 radical (unpaired) electrons. The van der Waals surface area contributed by atoms with Gasteiger partial charge in [-0.1, -0.05) is 0 Å². The van der Waals surface area contributed by atoms with Gasteiger partial charge in [-0.2, -0.15) is 10.2 Å². The molecular weight excluding hydrogens is 292 g/mol. The lowest BCUT2D eigenvalue weighted by Gasteiger charge is -2.03. The van der Waals surface area contributed by atoms with E-state index in [1.54, 1.807) is 24.7 Å². The summed E-state index contributed by atoms with van der Waals surface area (Å²) in [5, 5.41) is 17.6. The average Bonchev–Trinajstić information content (AvgIpc) is 3.24. The van der Waals surface area contributed by atoms with Crippen molar-refractivity contribution in [3.05, 3.63) is 60.7 Å². The molecule has 1 aromatic carbocycles. The molecule has 0 unspecified atom stereocenters. The summed E-state index contributed by atoms with van der Waals surface area (Å²) in [5.74, 6) is -0.253. The third-order valence-corrected chi connectivity index (χ3v) is 3.50. The number of aromatic nitrogens is 5. The van der Waals surface area contributed by atoms with Crippen molar-refractivity contribution >= 4 is 22.5 Å². The van der Waals surface area contributed by atoms with Gasteiger partial charge in [0, 0.05) is 29.0 Å². The van der Waals surface area contributed by atoms with Gasteiger partial charge in [0.15, 0.2) is 0 Å². The maximum atomic E-state index is 12.3. The molecule has 0 aliphatic rings. The van der Waals surface area contributed by atoms with E-state index in [2.05, 4.69) is 30.7 Å². The average molecular weight is 304 g/mol. The molecule has 3 aromatic heterocycles. The fourth-order valence-electron chi connectivity index (χ4n) is 2.32. The van der Waals surface area contributed by atoms with Gasteiger partial charge in [-0.15, -0.1) is 0 Å². The van der Waals surface area contributed by atoms with Gasteiger partial charge in [0.2, 0.25) is 0 Å². The lowest BCUT2D eigenvalue weighted by molar-refractivity contribution is 0.102. The topological polar surface area (TPSA) is 99.3 Å². The van der Waals surface area contributed by atoms with Crippen LogP contribution < -0.4 is 5.32 Å². The van der Waals surface area contributed by atoms with E-state index in [-0.39, 0.29) is 5.91 Å². The minimum Gasteiger partial charge on any atom is -0.321 e. The van der Waals surface area contributed by atoms with E-state index >= 15 is 0 Å². The smallest absolute Gasteiger partial charge is 0.273 e. The normalized spacial score (nSPS) is 10.8. The molecule has 1 amide bonds. The van der Waals surface area contributed by atoms with Gasteiger partial charge in [-0.25, -0.2) is 0 Å². The summed E-state index contributed by atoms with van der Waals surface area (Å²) in [6, 6.07) is 10.9. The number of aromatic amines is 2. The fourth-order valence-corrected chi connectivity index (χ4v) is 2.32. The van der Waals surface area contributed by atoms with Crippen LogP contribution in [0.25, 0.3) is 22.2 Å². The third-order valence-electron chi connectivity index (χ3n) is 3.50. The highest BCUT2D eigenvalue weighted by atomic mass is 16.1. The van der Waals surface area contributed by atoms with Gasteiger partial charge in [-0.05, 0) is 36.4 Å². The van der Waals surface area contributed by atoms with Crippen LogP contribution >= 0.6 is 0 Å². The third kappa shape index (κ3) is 2.55. The minimum atomic E-state index is -0.253. The molecule has 0 aliphatic carbocycles. The highest BCUT2D eigenvalue weighted by molar-refractivity contribution is 6.04. The Morgan fingerprint density at radius 2 is 1.91 bits per heavy atom. The highest BCUT2D eigenvalue weighted by Gasteiger charge is 2.11. The van der Waals surface area contributed by atoms with E-state index in [0.29, 0.717) is 17.1 Å². The van der Waals surface area contributed by atoms with E-state index < -0.39 is 0 Å². The molecule has 0 bridgehead atoms. The Bertz CT molecular complexity index is 972. The molecule has 0 aliphatic heterocycles. The Balaban J connectivity index is 1.56. The zero-order chi connectivity index (χ0) is 15.6. The number of carbonyl (C=O) groups is 1. The summed E-state index contributed by atoms with van der Waals surface area (Å²) in [7, 11) is 0. The van der Waals surface area contributed by atoms with Crippen LogP contribution in [0.5, 0.6) is 0 Å². The lowest BCUT2D eigenvalue weighted by atomic mass is 10.2. The molecule has 0 saturated carbocycles. The predicted molar refractivity (Wildman–Crippen MR) is 85.9 cm³/mol. The van der Waals surface area contributed by atoms with Crippen LogP contribution in [0.4, 0.5) is 5.69 Å². The van der Waals surface area contributed by atoms with Gasteiger partial charge < -0.3 is 5.32 Å². The van der Waals surface area contributed by atoms with Gasteiger partial charge >= 0.3 is 0 Å². The van der Waals surface area contributed by atoms with Crippen molar-refractivity contribution in [1.29, 1.82) is 0 Å². The van der Waals surface area contributed by atoms with Gasteiger partial charge in [0.1, 0.15) is 5.69 Å². The number of anilines is 1. The number of amides is 1. The van der Waals surface area contributed by atoms with Crippen LogP contribution in [0.15, 0.2) is 55.0 Å². The van der Waals surface area contributed by atoms with Crippen LogP contribution in [-0.4, -0.2) is 31.3 Å². The van der Waals surface area contributed by atoms with Crippen molar-refractivity contribution in [3.8, 4) is 11.3 Å². The number of H-pyrrole nitrogens is 2. The largest absolute Gasteiger partial charge is 0.321 e. The molecule has 7 heteroatoms. The number of hydrogen-bond acceptors (Lipinski definition) is 4. The van der Waals surface area contributed by atoms with Crippen LogP contribution in [0.3, 0.4) is 0 Å². The minimum absolute atomic E-state index is 0.253. The molecule has 0 spiro atoms. The molecule has 0 saturated heterocycles. The van der Waals surface area contributed by atoms with Crippen molar-refractivity contribution in [2.24, 2.45) is 0 Å². The molecule has 23 heavy (non-hydrogen) atoms. The van der Waals surface area contributed by atoms with Gasteiger partial charge in [-0.3, -0.25) is 20.0 Å². The summed E-state index contributed by atoms with van der Waals surface area (Å²) in [6.07, 6.45) is 5.10. The van der Waals surface area contributed by atoms with Gasteiger partial charge in [0.05, 0.1) is 17.4 Å². The molecule has 112 valence electrons. The van der Waals surface area contributed by atoms with E-state index in [4.69, 9.17) is 0 Å². The first-order chi connectivity index (χ1) is 11.3. The molecule has 0 fully saturated rings. The number of carbonyl (C=O) groups excluding carboxylic acids is 1. The van der Waals surface area contributed by atoms with Crippen LogP contribution in [0, 0.1) is 0 Å². The number of nitrogens with one attached hydrogen (secondary N) is 3. The number of fused-ring (bicyclic) bond motifs is 1. The maximum absolute atomic E-state index is 12.3. The van der Waals surface area contributed by atoms with Crippen molar-refractivity contribution in [3.63, 3.8) is 0 Å². The number of hydrogen-bond donors (Lipinski definition) is 3. The second-order valence-corrected chi connectivity index (χ2v) is 5.03. The first-order valence-corrected chi connectivity index (χ1v) is 7.00. The standard InChI is InChI=1S/C16H12N6O/c23-16(19-12-2-1-11-9-18-20-13(11)7-12)15-8-14(21-22-15)10-3-5-17-6-4-10/h1-9H,(H,18,20)(H,19,23)(H,21,22). The summed E-state index contributed by atoms with van der Waals surface area (Å²) < 4.78 is 0. The first kappa shape index (κ1) is 13.2. The van der Waals surface area contributed by atoms with E-state index in [1.807, 2.05) is 30.3 Å². The Labute approximate surface area is 130 Å². The van der Waals surface area contributed by atoms with E-state index in [0.717, 1.165) is 16.5 Å². The molecule has 3 N–H and O–H groups in total. The molecule has 7 nitrogen and oxygen atoms in total. The van der Waals surface area contributed by atoms with Crippen LogP contribution in [0.2, 0.25) is 0 Å². The zero-order valence-electron chi connectivity index (χ0n) is 11.9. The second kappa shape index (κ2) is 5.38. The maximum Gasteiger partial charge on any atom is 0.273 e. The van der Waals surface area contributed by atoms with Crippen molar-refractivity contribution < 1.29 is 4.79 Å². The summed E-state index contributed by atoms with van der Waals surface area (Å²) >= 11 is 0. The van der Waals surface area contributed by atoms with Crippen LogP contribution in [-0.2, 0) is 0 Å². The molecule has 4 aromatic rings. The monoisotopic (exact) mass is 304 g/mol. The van der Waals surface area contributed by atoms with Crippen molar-refractivity contribution in [2.45, 2.75) is 0 Å². The first-order valence-electron chi connectivity index (χ1n) is 7.00.